The first-order valence-electron chi connectivity index (χ1n) is 10.4. The van der Waals surface area contributed by atoms with Crippen LogP contribution in [0, 0.1) is 0 Å². The lowest BCUT2D eigenvalue weighted by atomic mass is 10.0. The minimum Gasteiger partial charge on any atom is -0.481 e. The Hall–Kier alpha value is -3.61. The van der Waals surface area contributed by atoms with Crippen LogP contribution < -0.4 is 10.1 Å². The number of aromatic nitrogens is 2. The zero-order valence-corrected chi connectivity index (χ0v) is 17.7. The van der Waals surface area contributed by atoms with Gasteiger partial charge in [-0.05, 0) is 24.6 Å². The molecule has 0 fully saturated rings. The number of amides is 2. The molecule has 1 aromatic heterocycles. The molecule has 0 bridgehead atoms. The third kappa shape index (κ3) is 4.60. The lowest BCUT2D eigenvalue weighted by molar-refractivity contribution is -0.138. The first-order chi connectivity index (χ1) is 15.0. The molecule has 160 valence electrons. The molecule has 3 aromatic rings. The third-order valence-electron chi connectivity index (χ3n) is 5.47. The number of carbonyl (C=O) groups is 2. The van der Waals surface area contributed by atoms with Crippen LogP contribution in [0.1, 0.15) is 34.2 Å². The maximum atomic E-state index is 13.0. The molecule has 7 heteroatoms. The van der Waals surface area contributed by atoms with Crippen LogP contribution in [0.2, 0.25) is 0 Å². The van der Waals surface area contributed by atoms with Crippen molar-refractivity contribution in [1.29, 1.82) is 0 Å². The van der Waals surface area contributed by atoms with E-state index >= 15 is 0 Å². The number of rotatable bonds is 6. The largest absolute Gasteiger partial charge is 0.481 e. The van der Waals surface area contributed by atoms with E-state index in [1.165, 1.54) is 0 Å². The molecule has 0 aliphatic carbocycles. The Bertz CT molecular complexity index is 1060. The van der Waals surface area contributed by atoms with Gasteiger partial charge in [-0.1, -0.05) is 48.5 Å². The van der Waals surface area contributed by atoms with Gasteiger partial charge in [0.25, 0.3) is 11.8 Å². The predicted octanol–water partition coefficient (Wildman–Crippen LogP) is 2.70. The lowest BCUT2D eigenvalue weighted by Crippen LogP contribution is -2.43. The van der Waals surface area contributed by atoms with E-state index in [-0.39, 0.29) is 11.8 Å². The predicted molar refractivity (Wildman–Crippen MR) is 116 cm³/mol. The van der Waals surface area contributed by atoms with Crippen molar-refractivity contribution in [1.82, 2.24) is 20.0 Å². The van der Waals surface area contributed by atoms with Crippen molar-refractivity contribution in [2.24, 2.45) is 7.05 Å². The molecule has 0 unspecified atom stereocenters. The molecule has 2 amide bonds. The molecule has 1 aliphatic heterocycles. The van der Waals surface area contributed by atoms with Crippen LogP contribution in [0.3, 0.4) is 0 Å². The summed E-state index contributed by atoms with van der Waals surface area (Å²) in [7, 11) is 1.84. The fraction of sp³-hybridized carbons (Fsp3) is 0.292. The number of hydrogen-bond donors (Lipinski definition) is 1. The van der Waals surface area contributed by atoms with Gasteiger partial charge in [0.2, 0.25) is 0 Å². The maximum absolute atomic E-state index is 13.0. The van der Waals surface area contributed by atoms with Crippen molar-refractivity contribution in [2.45, 2.75) is 32.5 Å². The van der Waals surface area contributed by atoms with E-state index in [1.54, 1.807) is 16.5 Å². The number of benzene rings is 2. The topological polar surface area (TPSA) is 76.5 Å². The zero-order chi connectivity index (χ0) is 21.8. The zero-order valence-electron chi connectivity index (χ0n) is 17.7. The summed E-state index contributed by atoms with van der Waals surface area (Å²) in [5.74, 6) is 0.320. The average Bonchev–Trinajstić information content (AvgIpc) is 3.14. The van der Waals surface area contributed by atoms with Gasteiger partial charge in [-0.25, -0.2) is 0 Å². The first kappa shape index (κ1) is 20.7. The quantitative estimate of drug-likeness (QED) is 0.668. The Kier molecular flexibility index (Phi) is 6.02. The smallest absolute Gasteiger partial charge is 0.272 e. The summed E-state index contributed by atoms with van der Waals surface area (Å²) >= 11 is 0. The molecular weight excluding hydrogens is 392 g/mol. The molecule has 31 heavy (non-hydrogen) atoms. The van der Waals surface area contributed by atoms with Crippen LogP contribution >= 0.6 is 0 Å². The summed E-state index contributed by atoms with van der Waals surface area (Å²) in [6, 6.07) is 19.0. The number of fused-ring (bicyclic) bond motifs is 1. The fourth-order valence-corrected chi connectivity index (χ4v) is 3.84. The monoisotopic (exact) mass is 418 g/mol. The molecule has 1 aliphatic rings. The number of ether oxygens (including phenoxy) is 1. The molecule has 7 nitrogen and oxygen atoms in total. The molecule has 1 atom stereocenters. The van der Waals surface area contributed by atoms with Gasteiger partial charge in [0.05, 0.1) is 0 Å². The number of nitrogens with one attached hydrogen (secondary N) is 1. The Labute approximate surface area is 181 Å². The van der Waals surface area contributed by atoms with Crippen LogP contribution in [0.15, 0.2) is 60.7 Å². The highest BCUT2D eigenvalue weighted by atomic mass is 16.5. The Morgan fingerprint density at radius 2 is 1.77 bits per heavy atom. The number of carbonyl (C=O) groups excluding carboxylic acids is 2. The Morgan fingerprint density at radius 3 is 2.48 bits per heavy atom. The summed E-state index contributed by atoms with van der Waals surface area (Å²) in [5.41, 5.74) is 3.19. The van der Waals surface area contributed by atoms with Crippen molar-refractivity contribution in [3.63, 3.8) is 0 Å². The first-order valence-corrected chi connectivity index (χ1v) is 10.4. The highest BCUT2D eigenvalue weighted by Gasteiger charge is 2.31. The summed E-state index contributed by atoms with van der Waals surface area (Å²) in [5, 5.41) is 7.38. The summed E-state index contributed by atoms with van der Waals surface area (Å²) in [6.45, 7) is 3.09. The van der Waals surface area contributed by atoms with E-state index < -0.39 is 6.10 Å². The molecule has 0 spiro atoms. The Balaban J connectivity index is 1.45. The van der Waals surface area contributed by atoms with Gasteiger partial charge in [-0.15, -0.1) is 0 Å². The highest BCUT2D eigenvalue weighted by Crippen LogP contribution is 2.23. The van der Waals surface area contributed by atoms with Crippen LogP contribution in [0.5, 0.6) is 5.75 Å². The van der Waals surface area contributed by atoms with E-state index in [4.69, 9.17) is 4.74 Å². The van der Waals surface area contributed by atoms with E-state index in [1.807, 2.05) is 67.7 Å². The van der Waals surface area contributed by atoms with Crippen LogP contribution in [-0.4, -0.2) is 39.1 Å². The van der Waals surface area contributed by atoms with Crippen LogP contribution in [-0.2, 0) is 31.4 Å². The molecule has 2 heterocycles. The number of nitrogens with zero attached hydrogens (tertiary/aromatic N) is 3. The fourth-order valence-electron chi connectivity index (χ4n) is 3.84. The highest BCUT2D eigenvalue weighted by molar-refractivity contribution is 5.94. The average molecular weight is 418 g/mol. The second-order valence-electron chi connectivity index (χ2n) is 7.65. The van der Waals surface area contributed by atoms with Gasteiger partial charge in [-0.3, -0.25) is 14.3 Å². The van der Waals surface area contributed by atoms with Crippen molar-refractivity contribution in [3.05, 3.63) is 83.2 Å². The Morgan fingerprint density at radius 1 is 1.10 bits per heavy atom. The van der Waals surface area contributed by atoms with Crippen LogP contribution in [0.25, 0.3) is 0 Å². The normalized spacial score (nSPS) is 13.9. The number of hydrogen-bond acceptors (Lipinski definition) is 4. The third-order valence-corrected chi connectivity index (χ3v) is 5.47. The minimum atomic E-state index is -0.615. The van der Waals surface area contributed by atoms with Gasteiger partial charge in [0.15, 0.2) is 11.8 Å². The van der Waals surface area contributed by atoms with Gasteiger partial charge in [-0.2, -0.15) is 5.10 Å². The lowest BCUT2D eigenvalue weighted by Gasteiger charge is -2.30. The van der Waals surface area contributed by atoms with Crippen molar-refractivity contribution < 1.29 is 14.3 Å². The second-order valence-corrected chi connectivity index (χ2v) is 7.65. The molecule has 2 aromatic carbocycles. The number of para-hydroxylation sites is 1. The second kappa shape index (κ2) is 9.04. The van der Waals surface area contributed by atoms with Crippen LogP contribution in [0.4, 0.5) is 0 Å². The minimum absolute atomic E-state index is 0.103. The van der Waals surface area contributed by atoms with Gasteiger partial charge < -0.3 is 15.0 Å². The molecule has 0 saturated carbocycles. The number of aryl methyl sites for hydroxylation is 1. The van der Waals surface area contributed by atoms with Crippen molar-refractivity contribution in [3.8, 4) is 5.75 Å². The maximum Gasteiger partial charge on any atom is 0.272 e. The molecule has 0 radical (unpaired) electrons. The summed E-state index contributed by atoms with van der Waals surface area (Å²) in [6.07, 6.45) is 0.0326. The van der Waals surface area contributed by atoms with Gasteiger partial charge >= 0.3 is 0 Å². The molecule has 1 N–H and O–H groups in total. The van der Waals surface area contributed by atoms with Crippen molar-refractivity contribution >= 4 is 11.8 Å². The van der Waals surface area contributed by atoms with Crippen molar-refractivity contribution in [2.75, 3.05) is 6.54 Å². The standard InChI is InChI=1S/C24H26N4O3/c1-17(31-19-11-7-4-8-12-19)24(30)28-14-13-21-20(16-28)22(26-27(21)2)23(29)25-15-18-9-5-3-6-10-18/h3-12,17H,13-16H2,1-2H3,(H,25,29)/t17-/m0/s1. The van der Waals surface area contributed by atoms with E-state index in [0.29, 0.717) is 37.5 Å². The molecule has 4 rings (SSSR count). The van der Waals surface area contributed by atoms with E-state index in [9.17, 15) is 9.59 Å². The van der Waals surface area contributed by atoms with Gasteiger partial charge in [0.1, 0.15) is 5.75 Å². The summed E-state index contributed by atoms with van der Waals surface area (Å²) in [4.78, 5) is 27.6. The van der Waals surface area contributed by atoms with E-state index in [2.05, 4.69) is 10.4 Å². The van der Waals surface area contributed by atoms with E-state index in [0.717, 1.165) is 16.8 Å². The molecular formula is C24H26N4O3. The molecule has 0 saturated heterocycles. The summed E-state index contributed by atoms with van der Waals surface area (Å²) < 4.78 is 7.54. The van der Waals surface area contributed by atoms with Gasteiger partial charge in [0, 0.05) is 44.4 Å². The SMILES string of the molecule is C[C@H](Oc1ccccc1)C(=O)N1CCc2c(c(C(=O)NCc3ccccc3)nn2C)C1.